The first-order chi connectivity index (χ1) is 7.18. The molecule has 15 heavy (non-hydrogen) atoms. The molecule has 0 saturated carbocycles. The Morgan fingerprint density at radius 3 is 2.87 bits per heavy atom. The van der Waals surface area contributed by atoms with Crippen LogP contribution in [0.5, 0.6) is 0 Å². The second-order valence-corrected chi connectivity index (χ2v) is 7.53. The number of hydrogen-bond acceptors (Lipinski definition) is 3. The summed E-state index contributed by atoms with van der Waals surface area (Å²) in [6.45, 7) is 1.68. The second kappa shape index (κ2) is 5.27. The highest BCUT2D eigenvalue weighted by Crippen LogP contribution is 2.38. The van der Waals surface area contributed by atoms with Crippen molar-refractivity contribution in [3.63, 3.8) is 0 Å². The zero-order valence-electron chi connectivity index (χ0n) is 8.21. The van der Waals surface area contributed by atoms with E-state index in [4.69, 9.17) is 10.5 Å². The maximum atomic E-state index is 6.26. The number of hydrogen-bond donors (Lipinski definition) is 1. The van der Waals surface area contributed by atoms with Gasteiger partial charge in [0.25, 0.3) is 0 Å². The molecule has 2 rings (SSSR count). The SMILES string of the molecule is NC(c1cc(Br)sc1Br)C1CCCOC1. The zero-order valence-corrected chi connectivity index (χ0v) is 12.2. The number of rotatable bonds is 2. The normalized spacial score (nSPS) is 24.1. The summed E-state index contributed by atoms with van der Waals surface area (Å²) in [7, 11) is 0. The molecule has 2 N–H and O–H groups in total. The molecule has 84 valence electrons. The molecule has 0 bridgehead atoms. The van der Waals surface area contributed by atoms with Crippen molar-refractivity contribution in [2.75, 3.05) is 13.2 Å². The summed E-state index contributed by atoms with van der Waals surface area (Å²) in [5.74, 6) is 0.455. The van der Waals surface area contributed by atoms with Crippen molar-refractivity contribution in [2.45, 2.75) is 18.9 Å². The fourth-order valence-electron chi connectivity index (χ4n) is 1.88. The smallest absolute Gasteiger partial charge is 0.0758 e. The Kier molecular flexibility index (Phi) is 4.24. The van der Waals surface area contributed by atoms with Crippen LogP contribution in [-0.2, 0) is 4.74 Å². The highest BCUT2D eigenvalue weighted by Gasteiger charge is 2.25. The summed E-state index contributed by atoms with van der Waals surface area (Å²) in [6.07, 6.45) is 2.29. The van der Waals surface area contributed by atoms with E-state index in [0.717, 1.165) is 27.2 Å². The third-order valence-corrected chi connectivity index (χ3v) is 5.13. The molecule has 0 aromatic carbocycles. The van der Waals surface area contributed by atoms with Crippen LogP contribution in [0.25, 0.3) is 0 Å². The predicted molar refractivity (Wildman–Crippen MR) is 70.2 cm³/mol. The van der Waals surface area contributed by atoms with Crippen molar-refractivity contribution < 1.29 is 4.74 Å². The first-order valence-corrected chi connectivity index (χ1v) is 7.37. The minimum atomic E-state index is 0.0854. The summed E-state index contributed by atoms with van der Waals surface area (Å²) in [5.41, 5.74) is 7.46. The molecule has 2 atom stereocenters. The van der Waals surface area contributed by atoms with Gasteiger partial charge in [0.15, 0.2) is 0 Å². The minimum absolute atomic E-state index is 0.0854. The van der Waals surface area contributed by atoms with Crippen LogP contribution in [0.2, 0.25) is 0 Å². The average Bonchev–Trinajstić information content (AvgIpc) is 2.58. The fourth-order valence-corrected chi connectivity index (χ4v) is 4.84. The third-order valence-electron chi connectivity index (χ3n) is 2.75. The van der Waals surface area contributed by atoms with Gasteiger partial charge in [-0.2, -0.15) is 0 Å². The molecule has 1 aliphatic rings. The second-order valence-electron chi connectivity index (χ2n) is 3.78. The van der Waals surface area contributed by atoms with Crippen LogP contribution in [0.1, 0.15) is 24.4 Å². The molecular formula is C10H13Br2NOS. The van der Waals surface area contributed by atoms with Gasteiger partial charge in [-0.25, -0.2) is 0 Å². The van der Waals surface area contributed by atoms with E-state index in [2.05, 4.69) is 37.9 Å². The Labute approximate surface area is 110 Å². The highest BCUT2D eigenvalue weighted by atomic mass is 79.9. The lowest BCUT2D eigenvalue weighted by Gasteiger charge is -2.27. The van der Waals surface area contributed by atoms with Gasteiger partial charge < -0.3 is 10.5 Å². The molecule has 1 fully saturated rings. The molecule has 2 unspecified atom stereocenters. The first-order valence-electron chi connectivity index (χ1n) is 4.96. The Morgan fingerprint density at radius 1 is 1.53 bits per heavy atom. The fraction of sp³-hybridized carbons (Fsp3) is 0.600. The van der Waals surface area contributed by atoms with Crippen LogP contribution in [-0.4, -0.2) is 13.2 Å². The van der Waals surface area contributed by atoms with Crippen LogP contribution in [0.15, 0.2) is 13.6 Å². The lowest BCUT2D eigenvalue weighted by Crippen LogP contribution is -2.28. The van der Waals surface area contributed by atoms with Crippen molar-refractivity contribution in [1.29, 1.82) is 0 Å². The number of thiophene rings is 1. The molecule has 0 amide bonds. The van der Waals surface area contributed by atoms with Crippen molar-refractivity contribution in [1.82, 2.24) is 0 Å². The van der Waals surface area contributed by atoms with Gasteiger partial charge in [-0.1, -0.05) is 0 Å². The lowest BCUT2D eigenvalue weighted by molar-refractivity contribution is 0.0447. The standard InChI is InChI=1S/C10H13Br2NOS/c11-8-4-7(10(12)15-8)9(13)6-2-1-3-14-5-6/h4,6,9H,1-3,5,13H2. The summed E-state index contributed by atoms with van der Waals surface area (Å²) in [5, 5.41) is 0. The van der Waals surface area contributed by atoms with E-state index in [9.17, 15) is 0 Å². The van der Waals surface area contributed by atoms with Crippen LogP contribution < -0.4 is 5.73 Å². The first kappa shape index (κ1) is 12.0. The molecule has 0 radical (unpaired) electrons. The van der Waals surface area contributed by atoms with Gasteiger partial charge >= 0.3 is 0 Å². The maximum Gasteiger partial charge on any atom is 0.0758 e. The summed E-state index contributed by atoms with van der Waals surface area (Å²) < 4.78 is 7.72. The average molecular weight is 355 g/mol. The summed E-state index contributed by atoms with van der Waals surface area (Å²) >= 11 is 8.70. The van der Waals surface area contributed by atoms with Gasteiger partial charge in [0.05, 0.1) is 14.2 Å². The third kappa shape index (κ3) is 2.82. The van der Waals surface area contributed by atoms with Crippen molar-refractivity contribution in [3.05, 3.63) is 19.2 Å². The molecule has 1 aromatic heterocycles. The lowest BCUT2D eigenvalue weighted by atomic mass is 9.91. The van der Waals surface area contributed by atoms with E-state index in [1.54, 1.807) is 11.3 Å². The number of halogens is 2. The number of ether oxygens (including phenoxy) is 1. The Bertz CT molecular complexity index is 336. The summed E-state index contributed by atoms with van der Waals surface area (Å²) in [4.78, 5) is 0. The molecule has 0 aliphatic carbocycles. The van der Waals surface area contributed by atoms with E-state index in [-0.39, 0.29) is 6.04 Å². The van der Waals surface area contributed by atoms with Gasteiger partial charge in [-0.3, -0.25) is 0 Å². The highest BCUT2D eigenvalue weighted by molar-refractivity contribution is 9.12. The molecule has 1 saturated heterocycles. The largest absolute Gasteiger partial charge is 0.381 e. The van der Waals surface area contributed by atoms with Crippen LogP contribution in [0, 0.1) is 5.92 Å². The molecule has 2 heterocycles. The molecular weight excluding hydrogens is 342 g/mol. The van der Waals surface area contributed by atoms with Crippen molar-refractivity contribution in [2.24, 2.45) is 11.7 Å². The Balaban J connectivity index is 2.12. The van der Waals surface area contributed by atoms with E-state index >= 15 is 0 Å². The van der Waals surface area contributed by atoms with E-state index in [1.807, 2.05) is 0 Å². The van der Waals surface area contributed by atoms with Gasteiger partial charge in [-0.05, 0) is 56.3 Å². The molecule has 1 aromatic rings. The topological polar surface area (TPSA) is 35.2 Å². The van der Waals surface area contributed by atoms with Gasteiger partial charge in [0.1, 0.15) is 0 Å². The van der Waals surface area contributed by atoms with Crippen LogP contribution in [0.3, 0.4) is 0 Å². The van der Waals surface area contributed by atoms with E-state index in [1.165, 1.54) is 12.0 Å². The molecule has 2 nitrogen and oxygen atoms in total. The van der Waals surface area contributed by atoms with E-state index in [0.29, 0.717) is 5.92 Å². The van der Waals surface area contributed by atoms with Gasteiger partial charge in [0.2, 0.25) is 0 Å². The van der Waals surface area contributed by atoms with Gasteiger partial charge in [0, 0.05) is 18.6 Å². The monoisotopic (exact) mass is 353 g/mol. The Morgan fingerprint density at radius 2 is 2.33 bits per heavy atom. The van der Waals surface area contributed by atoms with Gasteiger partial charge in [-0.15, -0.1) is 11.3 Å². The van der Waals surface area contributed by atoms with E-state index < -0.39 is 0 Å². The Hall–Kier alpha value is 0.580. The van der Waals surface area contributed by atoms with Crippen LogP contribution >= 0.6 is 43.2 Å². The van der Waals surface area contributed by atoms with Crippen molar-refractivity contribution >= 4 is 43.2 Å². The van der Waals surface area contributed by atoms with Crippen LogP contribution in [0.4, 0.5) is 0 Å². The molecule has 1 aliphatic heterocycles. The predicted octanol–water partition coefficient (Wildman–Crippen LogP) is 3.70. The quantitative estimate of drug-likeness (QED) is 0.878. The minimum Gasteiger partial charge on any atom is -0.381 e. The zero-order chi connectivity index (χ0) is 10.8. The molecule has 5 heteroatoms. The molecule has 0 spiro atoms. The maximum absolute atomic E-state index is 6.26. The number of nitrogens with two attached hydrogens (primary N) is 1. The summed E-state index contributed by atoms with van der Waals surface area (Å²) in [6, 6.07) is 2.19. The van der Waals surface area contributed by atoms with Crippen molar-refractivity contribution in [3.8, 4) is 0 Å².